The van der Waals surface area contributed by atoms with Crippen LogP contribution in [0.4, 0.5) is 4.39 Å². The molecule has 0 aliphatic heterocycles. The van der Waals surface area contributed by atoms with E-state index in [2.05, 4.69) is 4.74 Å². The third-order valence-electron chi connectivity index (χ3n) is 3.82. The van der Waals surface area contributed by atoms with E-state index in [1.54, 1.807) is 0 Å². The van der Waals surface area contributed by atoms with Crippen molar-refractivity contribution >= 4 is 11.9 Å². The van der Waals surface area contributed by atoms with Crippen LogP contribution >= 0.6 is 0 Å². The molecule has 0 radical (unpaired) electrons. The lowest BCUT2D eigenvalue weighted by Crippen LogP contribution is -2.42. The van der Waals surface area contributed by atoms with E-state index in [0.717, 1.165) is 12.5 Å². The van der Waals surface area contributed by atoms with Crippen molar-refractivity contribution in [1.82, 2.24) is 0 Å². The van der Waals surface area contributed by atoms with Crippen LogP contribution in [0.5, 0.6) is 5.75 Å². The summed E-state index contributed by atoms with van der Waals surface area (Å²) in [5.41, 5.74) is -0.942. The smallest absolute Gasteiger partial charge is 0.341 e. The van der Waals surface area contributed by atoms with Crippen LogP contribution in [0.15, 0.2) is 12.1 Å². The van der Waals surface area contributed by atoms with Crippen molar-refractivity contribution in [2.24, 2.45) is 0 Å². The zero-order valence-corrected chi connectivity index (χ0v) is 11.2. The minimum atomic E-state index is -1.12. The van der Waals surface area contributed by atoms with Crippen molar-refractivity contribution in [3.05, 3.63) is 29.1 Å². The summed E-state index contributed by atoms with van der Waals surface area (Å²) >= 11 is 0. The molecule has 108 valence electrons. The number of carbonyl (C=O) groups is 2. The van der Waals surface area contributed by atoms with Crippen molar-refractivity contribution in [2.75, 3.05) is 14.2 Å². The van der Waals surface area contributed by atoms with Gasteiger partial charge < -0.3 is 14.6 Å². The third kappa shape index (κ3) is 2.01. The fraction of sp³-hybridized carbons (Fsp3) is 0.429. The van der Waals surface area contributed by atoms with Crippen LogP contribution in [0, 0.1) is 5.82 Å². The summed E-state index contributed by atoms with van der Waals surface area (Å²) in [5.74, 6) is -2.77. The first-order chi connectivity index (χ1) is 9.46. The molecule has 1 aliphatic carbocycles. The Morgan fingerprint density at radius 2 is 1.95 bits per heavy atom. The number of carboxylic acid groups (broad SMARTS) is 1. The first-order valence-electron chi connectivity index (χ1n) is 6.16. The summed E-state index contributed by atoms with van der Waals surface area (Å²) in [6.45, 7) is 0. The predicted molar refractivity (Wildman–Crippen MR) is 67.5 cm³/mol. The van der Waals surface area contributed by atoms with E-state index >= 15 is 0 Å². The molecule has 1 aromatic carbocycles. The molecule has 1 aliphatic rings. The molecule has 2 rings (SSSR count). The molecule has 1 aromatic rings. The number of ether oxygens (including phenoxy) is 2. The molecule has 0 saturated heterocycles. The first-order valence-corrected chi connectivity index (χ1v) is 6.16. The average molecular weight is 282 g/mol. The van der Waals surface area contributed by atoms with Gasteiger partial charge in [0.2, 0.25) is 0 Å². The molecule has 0 unspecified atom stereocenters. The zero-order valence-electron chi connectivity index (χ0n) is 11.2. The van der Waals surface area contributed by atoms with Crippen LogP contribution in [-0.4, -0.2) is 31.3 Å². The lowest BCUT2D eigenvalue weighted by atomic mass is 9.64. The van der Waals surface area contributed by atoms with Gasteiger partial charge in [-0.15, -0.1) is 0 Å². The number of hydrogen-bond donors (Lipinski definition) is 1. The quantitative estimate of drug-likeness (QED) is 0.856. The Hall–Kier alpha value is -2.11. The minimum absolute atomic E-state index is 0.0995. The van der Waals surface area contributed by atoms with Gasteiger partial charge in [0.1, 0.15) is 5.56 Å². The fourth-order valence-electron chi connectivity index (χ4n) is 2.50. The van der Waals surface area contributed by atoms with Crippen molar-refractivity contribution in [3.63, 3.8) is 0 Å². The number of hydrogen-bond acceptors (Lipinski definition) is 4. The standard InChI is InChI=1S/C14H15FO5/c1-19-11-9(12(16)20-2)6-8(7-10(11)15)14(13(17)18)4-3-5-14/h6-7H,3-5H2,1-2H3,(H,17,18). The second-order valence-electron chi connectivity index (χ2n) is 4.77. The average Bonchev–Trinajstić information content (AvgIpc) is 2.35. The van der Waals surface area contributed by atoms with Crippen molar-refractivity contribution < 1.29 is 28.6 Å². The summed E-state index contributed by atoms with van der Waals surface area (Å²) < 4.78 is 23.5. The number of methoxy groups -OCH3 is 2. The van der Waals surface area contributed by atoms with Crippen LogP contribution in [-0.2, 0) is 14.9 Å². The summed E-state index contributed by atoms with van der Waals surface area (Å²) in [4.78, 5) is 23.1. The minimum Gasteiger partial charge on any atom is -0.493 e. The molecule has 6 heteroatoms. The van der Waals surface area contributed by atoms with Gasteiger partial charge in [-0.25, -0.2) is 9.18 Å². The van der Waals surface area contributed by atoms with E-state index in [9.17, 15) is 19.1 Å². The van der Waals surface area contributed by atoms with Crippen LogP contribution in [0.1, 0.15) is 35.2 Å². The third-order valence-corrected chi connectivity index (χ3v) is 3.82. The molecule has 1 saturated carbocycles. The molecule has 0 amide bonds. The number of esters is 1. The second-order valence-corrected chi connectivity index (χ2v) is 4.77. The molecular weight excluding hydrogens is 267 g/mol. The molecule has 0 bridgehead atoms. The van der Waals surface area contributed by atoms with Crippen LogP contribution < -0.4 is 4.74 Å². The van der Waals surface area contributed by atoms with E-state index in [1.165, 1.54) is 20.3 Å². The number of rotatable bonds is 4. The van der Waals surface area contributed by atoms with Crippen molar-refractivity contribution in [1.29, 1.82) is 0 Å². The predicted octanol–water partition coefficient (Wildman–Crippen LogP) is 2.13. The maximum absolute atomic E-state index is 14.0. The molecule has 0 spiro atoms. The van der Waals surface area contributed by atoms with Gasteiger partial charge in [0.05, 0.1) is 19.6 Å². The first kappa shape index (κ1) is 14.3. The largest absolute Gasteiger partial charge is 0.493 e. The summed E-state index contributed by atoms with van der Waals surface area (Å²) in [6, 6.07) is 2.47. The van der Waals surface area contributed by atoms with Crippen LogP contribution in [0.2, 0.25) is 0 Å². The van der Waals surface area contributed by atoms with Gasteiger partial charge in [0.15, 0.2) is 11.6 Å². The van der Waals surface area contributed by atoms with Gasteiger partial charge in [-0.3, -0.25) is 4.79 Å². The van der Waals surface area contributed by atoms with Gasteiger partial charge in [0.25, 0.3) is 0 Å². The lowest BCUT2D eigenvalue weighted by molar-refractivity contribution is -0.147. The highest BCUT2D eigenvalue weighted by Gasteiger charge is 2.46. The van der Waals surface area contributed by atoms with E-state index in [1.807, 2.05) is 0 Å². The second kappa shape index (κ2) is 5.11. The monoisotopic (exact) mass is 282 g/mol. The molecule has 1 fully saturated rings. The van der Waals surface area contributed by atoms with E-state index in [0.29, 0.717) is 12.8 Å². The summed E-state index contributed by atoms with van der Waals surface area (Å²) in [5, 5.41) is 9.37. The van der Waals surface area contributed by atoms with E-state index in [-0.39, 0.29) is 16.9 Å². The van der Waals surface area contributed by atoms with Gasteiger partial charge >= 0.3 is 11.9 Å². The fourth-order valence-corrected chi connectivity index (χ4v) is 2.50. The molecule has 0 aromatic heterocycles. The normalized spacial score (nSPS) is 16.1. The highest BCUT2D eigenvalue weighted by Crippen LogP contribution is 2.45. The van der Waals surface area contributed by atoms with Gasteiger partial charge in [0, 0.05) is 0 Å². The number of carbonyl (C=O) groups excluding carboxylic acids is 1. The molecule has 5 nitrogen and oxygen atoms in total. The summed E-state index contributed by atoms with van der Waals surface area (Å²) in [6.07, 6.45) is 1.61. The molecule has 1 N–H and O–H groups in total. The maximum atomic E-state index is 14.0. The maximum Gasteiger partial charge on any atom is 0.341 e. The van der Waals surface area contributed by atoms with Crippen LogP contribution in [0.25, 0.3) is 0 Å². The van der Waals surface area contributed by atoms with Crippen molar-refractivity contribution in [3.8, 4) is 5.75 Å². The Balaban J connectivity index is 2.59. The van der Waals surface area contributed by atoms with Crippen molar-refractivity contribution in [2.45, 2.75) is 24.7 Å². The van der Waals surface area contributed by atoms with Gasteiger partial charge in [-0.1, -0.05) is 6.42 Å². The molecule has 20 heavy (non-hydrogen) atoms. The molecule has 0 heterocycles. The number of benzene rings is 1. The van der Waals surface area contributed by atoms with Crippen LogP contribution in [0.3, 0.4) is 0 Å². The highest BCUT2D eigenvalue weighted by molar-refractivity contribution is 5.93. The Morgan fingerprint density at radius 3 is 2.35 bits per heavy atom. The number of carboxylic acids is 1. The zero-order chi connectivity index (χ0) is 14.9. The summed E-state index contributed by atoms with van der Waals surface area (Å²) in [7, 11) is 2.41. The van der Waals surface area contributed by atoms with Gasteiger partial charge in [-0.05, 0) is 30.5 Å². The molecule has 0 atom stereocenters. The van der Waals surface area contributed by atoms with E-state index < -0.39 is 23.2 Å². The topological polar surface area (TPSA) is 72.8 Å². The number of aliphatic carboxylic acids is 1. The highest BCUT2D eigenvalue weighted by atomic mass is 19.1. The van der Waals surface area contributed by atoms with Gasteiger partial charge in [-0.2, -0.15) is 0 Å². The Kier molecular flexibility index (Phi) is 3.65. The van der Waals surface area contributed by atoms with E-state index in [4.69, 9.17) is 4.74 Å². The number of halogens is 1. The Morgan fingerprint density at radius 1 is 1.30 bits per heavy atom. The Labute approximate surface area is 115 Å². The SMILES string of the molecule is COC(=O)c1cc(C2(C(=O)O)CCC2)cc(F)c1OC. The lowest BCUT2D eigenvalue weighted by Gasteiger charge is -2.38. The molecular formula is C14H15FO5. The Bertz CT molecular complexity index is 563.